The molecule has 0 aromatic heterocycles. The minimum atomic E-state index is 0.658. The molecule has 2 rings (SSSR count). The van der Waals surface area contributed by atoms with Crippen LogP contribution in [0, 0.1) is 5.41 Å². The molecule has 2 heteroatoms. The molecule has 1 heterocycles. The minimum absolute atomic E-state index is 0.658. The van der Waals surface area contributed by atoms with Crippen LogP contribution in [0.2, 0.25) is 0 Å². The van der Waals surface area contributed by atoms with Gasteiger partial charge in [0.15, 0.2) is 0 Å². The molecule has 2 unspecified atom stereocenters. The first-order chi connectivity index (χ1) is 7.65. The van der Waals surface area contributed by atoms with Crippen LogP contribution in [-0.2, 0) is 0 Å². The van der Waals surface area contributed by atoms with Gasteiger partial charge >= 0.3 is 0 Å². The lowest BCUT2D eigenvalue weighted by atomic mass is 9.82. The van der Waals surface area contributed by atoms with E-state index in [1.807, 2.05) is 0 Å². The SMILES string of the molecule is CCC1(CN2CC(C)NCC2C)CCCC1. The summed E-state index contributed by atoms with van der Waals surface area (Å²) in [5.74, 6) is 0. The van der Waals surface area contributed by atoms with E-state index in [0.717, 1.165) is 6.04 Å². The van der Waals surface area contributed by atoms with Gasteiger partial charge in [0.2, 0.25) is 0 Å². The highest BCUT2D eigenvalue weighted by Gasteiger charge is 2.36. The second-order valence-corrected chi connectivity index (χ2v) is 6.15. The zero-order chi connectivity index (χ0) is 11.6. The molecular formula is C14H28N2. The Morgan fingerprint density at radius 3 is 2.56 bits per heavy atom. The Morgan fingerprint density at radius 2 is 1.94 bits per heavy atom. The van der Waals surface area contributed by atoms with Gasteiger partial charge in [0.25, 0.3) is 0 Å². The molecule has 94 valence electrons. The van der Waals surface area contributed by atoms with Crippen molar-refractivity contribution in [3.63, 3.8) is 0 Å². The van der Waals surface area contributed by atoms with Gasteiger partial charge in [-0.3, -0.25) is 4.90 Å². The number of rotatable bonds is 3. The molecule has 0 spiro atoms. The highest BCUT2D eigenvalue weighted by atomic mass is 15.2. The van der Waals surface area contributed by atoms with Gasteiger partial charge in [-0.25, -0.2) is 0 Å². The molecule has 0 aromatic carbocycles. The van der Waals surface area contributed by atoms with E-state index in [4.69, 9.17) is 0 Å². The molecule has 0 bridgehead atoms. The first-order valence-corrected chi connectivity index (χ1v) is 7.13. The van der Waals surface area contributed by atoms with Crippen molar-refractivity contribution in [3.8, 4) is 0 Å². The minimum Gasteiger partial charge on any atom is -0.311 e. The first-order valence-electron chi connectivity index (χ1n) is 7.13. The normalized spacial score (nSPS) is 35.4. The molecule has 1 aliphatic carbocycles. The van der Waals surface area contributed by atoms with Crippen LogP contribution in [0.25, 0.3) is 0 Å². The average molecular weight is 224 g/mol. The number of nitrogens with zero attached hydrogens (tertiary/aromatic N) is 1. The van der Waals surface area contributed by atoms with Crippen LogP contribution >= 0.6 is 0 Å². The predicted octanol–water partition coefficient (Wildman–Crippen LogP) is 2.64. The second-order valence-electron chi connectivity index (χ2n) is 6.15. The number of hydrogen-bond acceptors (Lipinski definition) is 2. The van der Waals surface area contributed by atoms with E-state index in [1.54, 1.807) is 0 Å². The Labute approximate surface area is 101 Å². The summed E-state index contributed by atoms with van der Waals surface area (Å²) in [5.41, 5.74) is 0.658. The molecule has 2 nitrogen and oxygen atoms in total. The summed E-state index contributed by atoms with van der Waals surface area (Å²) >= 11 is 0. The van der Waals surface area contributed by atoms with Gasteiger partial charge in [0, 0.05) is 31.7 Å². The highest BCUT2D eigenvalue weighted by molar-refractivity contribution is 4.90. The molecule has 1 saturated carbocycles. The summed E-state index contributed by atoms with van der Waals surface area (Å²) < 4.78 is 0. The molecule has 1 saturated heterocycles. The summed E-state index contributed by atoms with van der Waals surface area (Å²) in [6.07, 6.45) is 7.23. The maximum Gasteiger partial charge on any atom is 0.0193 e. The van der Waals surface area contributed by atoms with Gasteiger partial charge in [-0.15, -0.1) is 0 Å². The van der Waals surface area contributed by atoms with Crippen LogP contribution in [0.15, 0.2) is 0 Å². The Hall–Kier alpha value is -0.0800. The lowest BCUT2D eigenvalue weighted by Crippen LogP contribution is -2.56. The van der Waals surface area contributed by atoms with Crippen molar-refractivity contribution in [1.82, 2.24) is 10.2 Å². The van der Waals surface area contributed by atoms with E-state index in [-0.39, 0.29) is 0 Å². The van der Waals surface area contributed by atoms with E-state index in [2.05, 4.69) is 31.0 Å². The van der Waals surface area contributed by atoms with Gasteiger partial charge in [0.1, 0.15) is 0 Å². The highest BCUT2D eigenvalue weighted by Crippen LogP contribution is 2.42. The molecule has 2 fully saturated rings. The fraction of sp³-hybridized carbons (Fsp3) is 1.00. The average Bonchev–Trinajstić information content (AvgIpc) is 2.73. The van der Waals surface area contributed by atoms with Crippen molar-refractivity contribution in [2.45, 2.75) is 65.0 Å². The number of hydrogen-bond donors (Lipinski definition) is 1. The zero-order valence-corrected chi connectivity index (χ0v) is 11.3. The van der Waals surface area contributed by atoms with Crippen LogP contribution in [0.5, 0.6) is 0 Å². The van der Waals surface area contributed by atoms with Crippen LogP contribution < -0.4 is 5.32 Å². The fourth-order valence-corrected chi connectivity index (χ4v) is 3.50. The van der Waals surface area contributed by atoms with Gasteiger partial charge in [-0.2, -0.15) is 0 Å². The lowest BCUT2D eigenvalue weighted by Gasteiger charge is -2.43. The fourth-order valence-electron chi connectivity index (χ4n) is 3.50. The Kier molecular flexibility index (Phi) is 3.91. The van der Waals surface area contributed by atoms with Crippen LogP contribution in [0.1, 0.15) is 52.9 Å². The first kappa shape index (κ1) is 12.4. The lowest BCUT2D eigenvalue weighted by molar-refractivity contribution is 0.0801. The predicted molar refractivity (Wildman–Crippen MR) is 69.7 cm³/mol. The Balaban J connectivity index is 1.96. The maximum absolute atomic E-state index is 3.58. The van der Waals surface area contributed by atoms with Crippen molar-refractivity contribution >= 4 is 0 Å². The summed E-state index contributed by atoms with van der Waals surface area (Å²) in [7, 11) is 0. The smallest absolute Gasteiger partial charge is 0.0193 e. The molecule has 16 heavy (non-hydrogen) atoms. The quantitative estimate of drug-likeness (QED) is 0.793. The van der Waals surface area contributed by atoms with Gasteiger partial charge in [0.05, 0.1) is 0 Å². The summed E-state index contributed by atoms with van der Waals surface area (Å²) in [6, 6.07) is 1.40. The number of nitrogens with one attached hydrogen (secondary N) is 1. The van der Waals surface area contributed by atoms with Crippen LogP contribution in [0.3, 0.4) is 0 Å². The van der Waals surface area contributed by atoms with E-state index in [1.165, 1.54) is 51.7 Å². The van der Waals surface area contributed by atoms with E-state index in [0.29, 0.717) is 11.5 Å². The molecule has 0 amide bonds. The van der Waals surface area contributed by atoms with Gasteiger partial charge in [-0.05, 0) is 38.5 Å². The van der Waals surface area contributed by atoms with E-state index < -0.39 is 0 Å². The zero-order valence-electron chi connectivity index (χ0n) is 11.3. The summed E-state index contributed by atoms with van der Waals surface area (Å²) in [4.78, 5) is 2.73. The molecule has 0 aromatic rings. The maximum atomic E-state index is 3.58. The number of piperazine rings is 1. The van der Waals surface area contributed by atoms with Crippen molar-refractivity contribution in [2.75, 3.05) is 19.6 Å². The largest absolute Gasteiger partial charge is 0.311 e. The summed E-state index contributed by atoms with van der Waals surface area (Å²) in [5, 5.41) is 3.58. The standard InChI is InChI=1S/C14H28N2/c1-4-14(7-5-6-8-14)11-16-10-12(2)15-9-13(16)3/h12-13,15H,4-11H2,1-3H3. The Bertz CT molecular complexity index is 221. The monoisotopic (exact) mass is 224 g/mol. The molecule has 2 atom stereocenters. The van der Waals surface area contributed by atoms with Crippen molar-refractivity contribution < 1.29 is 0 Å². The molecular weight excluding hydrogens is 196 g/mol. The van der Waals surface area contributed by atoms with Crippen molar-refractivity contribution in [3.05, 3.63) is 0 Å². The van der Waals surface area contributed by atoms with Crippen LogP contribution in [0.4, 0.5) is 0 Å². The molecule has 2 aliphatic rings. The molecule has 1 aliphatic heterocycles. The Morgan fingerprint density at radius 1 is 1.25 bits per heavy atom. The van der Waals surface area contributed by atoms with Gasteiger partial charge in [-0.1, -0.05) is 19.8 Å². The van der Waals surface area contributed by atoms with E-state index >= 15 is 0 Å². The topological polar surface area (TPSA) is 15.3 Å². The third kappa shape index (κ3) is 2.60. The van der Waals surface area contributed by atoms with Crippen molar-refractivity contribution in [1.29, 1.82) is 0 Å². The molecule has 0 radical (unpaired) electrons. The van der Waals surface area contributed by atoms with Crippen molar-refractivity contribution in [2.24, 2.45) is 5.41 Å². The van der Waals surface area contributed by atoms with Crippen LogP contribution in [-0.4, -0.2) is 36.6 Å². The van der Waals surface area contributed by atoms with E-state index in [9.17, 15) is 0 Å². The van der Waals surface area contributed by atoms with Gasteiger partial charge < -0.3 is 5.32 Å². The molecule has 1 N–H and O–H groups in total. The summed E-state index contributed by atoms with van der Waals surface area (Å²) in [6.45, 7) is 10.8. The third-order valence-corrected chi connectivity index (χ3v) is 4.85. The third-order valence-electron chi connectivity index (χ3n) is 4.85. The second kappa shape index (κ2) is 5.05.